The summed E-state index contributed by atoms with van der Waals surface area (Å²) >= 11 is 0. The first kappa shape index (κ1) is 15.0. The van der Waals surface area contributed by atoms with E-state index in [0.717, 1.165) is 5.56 Å². The predicted octanol–water partition coefficient (Wildman–Crippen LogP) is 2.43. The zero-order valence-electron chi connectivity index (χ0n) is 11.9. The van der Waals surface area contributed by atoms with Crippen molar-refractivity contribution in [1.29, 1.82) is 5.26 Å². The molecule has 0 saturated heterocycles. The Bertz CT molecular complexity index is 491. The first-order valence-electron chi connectivity index (χ1n) is 6.29. The fourth-order valence-corrected chi connectivity index (χ4v) is 1.48. The Kier molecular flexibility index (Phi) is 4.94. The molecule has 0 heterocycles. The Morgan fingerprint density at radius 3 is 2.74 bits per heavy atom. The number of carbonyl (C=O) groups is 1. The second-order valence-corrected chi connectivity index (χ2v) is 5.12. The molecule has 4 heteroatoms. The van der Waals surface area contributed by atoms with E-state index in [1.54, 1.807) is 13.0 Å². The monoisotopic (exact) mass is 260 g/mol. The largest absolute Gasteiger partial charge is 0.484 e. The summed E-state index contributed by atoms with van der Waals surface area (Å²) in [5.74, 6) is 0.387. The van der Waals surface area contributed by atoms with Crippen LogP contribution in [0.5, 0.6) is 5.75 Å². The van der Waals surface area contributed by atoms with Gasteiger partial charge in [-0.25, -0.2) is 0 Å². The third-order valence-electron chi connectivity index (χ3n) is 3.15. The highest BCUT2D eigenvalue weighted by Gasteiger charge is 2.29. The molecule has 4 nitrogen and oxygen atoms in total. The number of rotatable bonds is 5. The SMILES string of the molecule is Cc1cccc(OCC(=O)N[C@@](C)(C#N)C(C)C)c1. The first-order valence-corrected chi connectivity index (χ1v) is 6.29. The van der Waals surface area contributed by atoms with E-state index in [1.807, 2.05) is 39.0 Å². The minimum absolute atomic E-state index is 0.0282. The van der Waals surface area contributed by atoms with Gasteiger partial charge in [0, 0.05) is 0 Å². The Labute approximate surface area is 114 Å². The van der Waals surface area contributed by atoms with Crippen LogP contribution in [0.1, 0.15) is 26.3 Å². The molecule has 1 rings (SSSR count). The molecule has 0 aliphatic heterocycles. The highest BCUT2D eigenvalue weighted by Crippen LogP contribution is 2.15. The number of hydrogen-bond acceptors (Lipinski definition) is 3. The lowest BCUT2D eigenvalue weighted by Crippen LogP contribution is -2.50. The number of nitriles is 1. The van der Waals surface area contributed by atoms with Gasteiger partial charge in [-0.05, 0) is 37.5 Å². The first-order chi connectivity index (χ1) is 8.87. The number of ether oxygens (including phenoxy) is 1. The fraction of sp³-hybridized carbons (Fsp3) is 0.467. The molecule has 19 heavy (non-hydrogen) atoms. The van der Waals surface area contributed by atoms with Gasteiger partial charge in [0.15, 0.2) is 6.61 Å². The van der Waals surface area contributed by atoms with Gasteiger partial charge < -0.3 is 10.1 Å². The molecule has 1 amide bonds. The zero-order valence-corrected chi connectivity index (χ0v) is 11.9. The summed E-state index contributed by atoms with van der Waals surface area (Å²) in [5, 5.41) is 11.8. The van der Waals surface area contributed by atoms with Gasteiger partial charge >= 0.3 is 0 Å². The number of aryl methyl sites for hydroxylation is 1. The molecular formula is C15H20N2O2. The van der Waals surface area contributed by atoms with E-state index < -0.39 is 5.54 Å². The van der Waals surface area contributed by atoms with Gasteiger partial charge in [0.05, 0.1) is 6.07 Å². The van der Waals surface area contributed by atoms with Crippen LogP contribution in [0.15, 0.2) is 24.3 Å². The van der Waals surface area contributed by atoms with Gasteiger partial charge in [0.25, 0.3) is 5.91 Å². The van der Waals surface area contributed by atoms with Crippen LogP contribution in [0, 0.1) is 24.2 Å². The van der Waals surface area contributed by atoms with Gasteiger partial charge in [0.1, 0.15) is 11.3 Å². The quantitative estimate of drug-likeness (QED) is 0.884. The van der Waals surface area contributed by atoms with E-state index in [4.69, 9.17) is 10.00 Å². The summed E-state index contributed by atoms with van der Waals surface area (Å²) in [7, 11) is 0. The highest BCUT2D eigenvalue weighted by atomic mass is 16.5. The molecule has 1 N–H and O–H groups in total. The van der Waals surface area contributed by atoms with Crippen molar-refractivity contribution in [3.05, 3.63) is 29.8 Å². The fourth-order valence-electron chi connectivity index (χ4n) is 1.48. The van der Waals surface area contributed by atoms with E-state index in [1.165, 1.54) is 0 Å². The standard InChI is InChI=1S/C15H20N2O2/c1-11(2)15(4,10-16)17-14(18)9-19-13-7-5-6-12(3)8-13/h5-8,11H,9H2,1-4H3,(H,17,18)/t15-/m0/s1. The van der Waals surface area contributed by atoms with Gasteiger partial charge in [-0.1, -0.05) is 26.0 Å². The Balaban J connectivity index is 2.55. The molecule has 0 radical (unpaired) electrons. The van der Waals surface area contributed by atoms with E-state index in [-0.39, 0.29) is 18.4 Å². The number of amides is 1. The molecule has 0 saturated carbocycles. The van der Waals surface area contributed by atoms with Crippen LogP contribution in [0.3, 0.4) is 0 Å². The molecule has 1 aromatic rings. The smallest absolute Gasteiger partial charge is 0.259 e. The van der Waals surface area contributed by atoms with Gasteiger partial charge in [-0.15, -0.1) is 0 Å². The van der Waals surface area contributed by atoms with E-state index in [0.29, 0.717) is 5.75 Å². The van der Waals surface area contributed by atoms with Crippen LogP contribution in [0.25, 0.3) is 0 Å². The molecule has 0 aliphatic carbocycles. The Hall–Kier alpha value is -2.02. The van der Waals surface area contributed by atoms with Gasteiger partial charge in [0.2, 0.25) is 0 Å². The van der Waals surface area contributed by atoms with Crippen LogP contribution >= 0.6 is 0 Å². The van der Waals surface area contributed by atoms with Crippen LogP contribution in [0.4, 0.5) is 0 Å². The third kappa shape index (κ3) is 4.29. The minimum Gasteiger partial charge on any atom is -0.484 e. The molecule has 102 valence electrons. The summed E-state index contributed by atoms with van der Waals surface area (Å²) < 4.78 is 5.40. The van der Waals surface area contributed by atoms with E-state index in [9.17, 15) is 4.79 Å². The number of carbonyl (C=O) groups excluding carboxylic acids is 1. The maximum absolute atomic E-state index is 11.8. The van der Waals surface area contributed by atoms with Crippen LogP contribution in [-0.2, 0) is 4.79 Å². The maximum Gasteiger partial charge on any atom is 0.259 e. The van der Waals surface area contributed by atoms with Crippen molar-refractivity contribution >= 4 is 5.91 Å². The Morgan fingerprint density at radius 2 is 2.21 bits per heavy atom. The van der Waals surface area contributed by atoms with E-state index >= 15 is 0 Å². The second-order valence-electron chi connectivity index (χ2n) is 5.12. The van der Waals surface area contributed by atoms with Crippen LogP contribution in [0.2, 0.25) is 0 Å². The lowest BCUT2D eigenvalue weighted by atomic mass is 9.90. The van der Waals surface area contributed by atoms with Crippen molar-refractivity contribution in [3.63, 3.8) is 0 Å². The van der Waals surface area contributed by atoms with Crippen molar-refractivity contribution in [1.82, 2.24) is 5.32 Å². The van der Waals surface area contributed by atoms with Crippen molar-refractivity contribution in [2.24, 2.45) is 5.92 Å². The minimum atomic E-state index is -0.868. The van der Waals surface area contributed by atoms with E-state index in [2.05, 4.69) is 11.4 Å². The number of hydrogen-bond donors (Lipinski definition) is 1. The van der Waals surface area contributed by atoms with Crippen molar-refractivity contribution < 1.29 is 9.53 Å². The average molecular weight is 260 g/mol. The van der Waals surface area contributed by atoms with Crippen molar-refractivity contribution in [2.45, 2.75) is 33.2 Å². The molecule has 0 spiro atoms. The summed E-state index contributed by atoms with van der Waals surface area (Å²) in [5.41, 5.74) is 0.203. The molecule has 1 aromatic carbocycles. The van der Waals surface area contributed by atoms with Crippen molar-refractivity contribution in [3.8, 4) is 11.8 Å². The summed E-state index contributed by atoms with van der Waals surface area (Å²) in [6.45, 7) is 7.37. The Morgan fingerprint density at radius 1 is 1.53 bits per heavy atom. The summed E-state index contributed by atoms with van der Waals surface area (Å²) in [6.07, 6.45) is 0. The maximum atomic E-state index is 11.8. The van der Waals surface area contributed by atoms with Gasteiger partial charge in [-0.3, -0.25) is 4.79 Å². The molecule has 0 fully saturated rings. The molecule has 0 bridgehead atoms. The molecule has 0 aromatic heterocycles. The third-order valence-corrected chi connectivity index (χ3v) is 3.15. The topological polar surface area (TPSA) is 62.1 Å². The number of nitrogens with zero attached hydrogens (tertiary/aromatic N) is 1. The van der Waals surface area contributed by atoms with Gasteiger partial charge in [-0.2, -0.15) is 5.26 Å². The summed E-state index contributed by atoms with van der Waals surface area (Å²) in [6, 6.07) is 9.61. The molecule has 1 atom stereocenters. The number of benzene rings is 1. The average Bonchev–Trinajstić information content (AvgIpc) is 2.36. The lowest BCUT2D eigenvalue weighted by molar-refractivity contribution is -0.124. The number of nitrogens with one attached hydrogen (secondary N) is 1. The highest BCUT2D eigenvalue weighted by molar-refractivity contribution is 5.78. The molecular weight excluding hydrogens is 240 g/mol. The lowest BCUT2D eigenvalue weighted by Gasteiger charge is -2.27. The van der Waals surface area contributed by atoms with Crippen LogP contribution in [-0.4, -0.2) is 18.1 Å². The predicted molar refractivity (Wildman–Crippen MR) is 73.7 cm³/mol. The van der Waals surface area contributed by atoms with Crippen LogP contribution < -0.4 is 10.1 Å². The normalized spacial score (nSPS) is 13.5. The van der Waals surface area contributed by atoms with Crippen molar-refractivity contribution in [2.75, 3.05) is 6.61 Å². The zero-order chi connectivity index (χ0) is 14.5. The molecule has 0 unspecified atom stereocenters. The second kappa shape index (κ2) is 6.24. The summed E-state index contributed by atoms with van der Waals surface area (Å²) in [4.78, 5) is 11.8. The molecule has 0 aliphatic rings.